The molecule has 1 amide bonds. The van der Waals surface area contributed by atoms with Crippen LogP contribution in [0.5, 0.6) is 0 Å². The van der Waals surface area contributed by atoms with Crippen LogP contribution < -0.4 is 5.32 Å². The molecule has 2 aromatic rings. The lowest BCUT2D eigenvalue weighted by Crippen LogP contribution is -2.13. The SMILES string of the molecule is O=C1Nc2ccc([N+](=O)[O-])cc2C1=Nc1ccc(C(=O)O)cc1. The summed E-state index contributed by atoms with van der Waals surface area (Å²) in [7, 11) is 0. The summed E-state index contributed by atoms with van der Waals surface area (Å²) in [6, 6.07) is 9.66. The maximum absolute atomic E-state index is 12.0. The Morgan fingerprint density at radius 3 is 2.48 bits per heavy atom. The van der Waals surface area contributed by atoms with Gasteiger partial charge in [0, 0.05) is 17.7 Å². The second-order valence-electron chi connectivity index (χ2n) is 4.75. The minimum absolute atomic E-state index is 0.0479. The molecule has 0 saturated heterocycles. The molecule has 3 rings (SSSR count). The highest BCUT2D eigenvalue weighted by Crippen LogP contribution is 2.29. The van der Waals surface area contributed by atoms with Crippen molar-refractivity contribution >= 4 is 34.7 Å². The standard InChI is InChI=1S/C15H9N3O5/c19-14-13(16-9-3-1-8(2-4-9)15(20)21)11-7-10(18(22)23)5-6-12(11)17-14/h1-7H,(H,20,21)(H,16,17,19). The van der Waals surface area contributed by atoms with Gasteiger partial charge in [0.2, 0.25) is 0 Å². The van der Waals surface area contributed by atoms with Gasteiger partial charge in [-0.1, -0.05) is 0 Å². The molecule has 1 aliphatic heterocycles. The Labute approximate surface area is 129 Å². The van der Waals surface area contributed by atoms with Crippen LogP contribution >= 0.6 is 0 Å². The van der Waals surface area contributed by atoms with Crippen LogP contribution in [0.1, 0.15) is 15.9 Å². The average Bonchev–Trinajstić information content (AvgIpc) is 2.83. The molecule has 2 aromatic carbocycles. The minimum Gasteiger partial charge on any atom is -0.478 e. The van der Waals surface area contributed by atoms with E-state index < -0.39 is 16.8 Å². The first kappa shape index (κ1) is 14.4. The number of carbonyl (C=O) groups excluding carboxylic acids is 1. The first-order valence-electron chi connectivity index (χ1n) is 6.48. The van der Waals surface area contributed by atoms with E-state index in [2.05, 4.69) is 10.3 Å². The van der Waals surface area contributed by atoms with Crippen LogP contribution in [0.4, 0.5) is 17.1 Å². The largest absolute Gasteiger partial charge is 0.478 e. The zero-order chi connectivity index (χ0) is 16.6. The van der Waals surface area contributed by atoms with Gasteiger partial charge in [0.1, 0.15) is 5.71 Å². The van der Waals surface area contributed by atoms with Gasteiger partial charge in [-0.2, -0.15) is 0 Å². The molecule has 0 saturated carbocycles. The van der Waals surface area contributed by atoms with Gasteiger partial charge in [-0.15, -0.1) is 0 Å². The smallest absolute Gasteiger partial charge is 0.335 e. The maximum atomic E-state index is 12.0. The highest BCUT2D eigenvalue weighted by molar-refractivity contribution is 6.54. The van der Waals surface area contributed by atoms with Crippen molar-refractivity contribution in [3.8, 4) is 0 Å². The summed E-state index contributed by atoms with van der Waals surface area (Å²) in [6.07, 6.45) is 0. The maximum Gasteiger partial charge on any atom is 0.335 e. The van der Waals surface area contributed by atoms with Crippen LogP contribution in [0.25, 0.3) is 0 Å². The van der Waals surface area contributed by atoms with Crippen molar-refractivity contribution in [2.24, 2.45) is 4.99 Å². The Balaban J connectivity index is 2.03. The van der Waals surface area contributed by atoms with Gasteiger partial charge in [-0.05, 0) is 30.3 Å². The zero-order valence-electron chi connectivity index (χ0n) is 11.5. The number of non-ortho nitro benzene ring substituents is 1. The molecule has 23 heavy (non-hydrogen) atoms. The summed E-state index contributed by atoms with van der Waals surface area (Å²) in [5.41, 5.74) is 1.16. The Kier molecular flexibility index (Phi) is 3.34. The fourth-order valence-corrected chi connectivity index (χ4v) is 2.17. The molecule has 1 heterocycles. The molecule has 0 bridgehead atoms. The molecule has 0 fully saturated rings. The first-order valence-corrected chi connectivity index (χ1v) is 6.48. The van der Waals surface area contributed by atoms with Gasteiger partial charge < -0.3 is 10.4 Å². The molecule has 0 aromatic heterocycles. The molecular formula is C15H9N3O5. The number of benzene rings is 2. The van der Waals surface area contributed by atoms with Crippen LogP contribution in [-0.4, -0.2) is 27.6 Å². The zero-order valence-corrected chi connectivity index (χ0v) is 11.5. The first-order chi connectivity index (χ1) is 11.0. The number of nitro groups is 1. The Bertz CT molecular complexity index is 871. The highest BCUT2D eigenvalue weighted by atomic mass is 16.6. The van der Waals surface area contributed by atoms with E-state index in [4.69, 9.17) is 5.11 Å². The van der Waals surface area contributed by atoms with E-state index >= 15 is 0 Å². The van der Waals surface area contributed by atoms with Crippen LogP contribution in [0, 0.1) is 10.1 Å². The minimum atomic E-state index is -1.07. The highest BCUT2D eigenvalue weighted by Gasteiger charge is 2.28. The van der Waals surface area contributed by atoms with E-state index in [1.54, 1.807) is 0 Å². The van der Waals surface area contributed by atoms with Crippen molar-refractivity contribution in [1.29, 1.82) is 0 Å². The third-order valence-corrected chi connectivity index (χ3v) is 3.29. The van der Waals surface area contributed by atoms with E-state index in [9.17, 15) is 19.7 Å². The van der Waals surface area contributed by atoms with E-state index in [1.165, 1.54) is 42.5 Å². The predicted molar refractivity (Wildman–Crippen MR) is 81.3 cm³/mol. The second-order valence-corrected chi connectivity index (χ2v) is 4.75. The van der Waals surface area contributed by atoms with E-state index in [0.29, 0.717) is 16.9 Å². The van der Waals surface area contributed by atoms with Crippen molar-refractivity contribution in [3.05, 3.63) is 63.7 Å². The molecular weight excluding hydrogens is 302 g/mol. The van der Waals surface area contributed by atoms with Crippen LogP contribution in [0.2, 0.25) is 0 Å². The molecule has 0 spiro atoms. The van der Waals surface area contributed by atoms with Gasteiger partial charge >= 0.3 is 5.97 Å². The second kappa shape index (κ2) is 5.34. The fourth-order valence-electron chi connectivity index (χ4n) is 2.17. The lowest BCUT2D eigenvalue weighted by atomic mass is 10.1. The third kappa shape index (κ3) is 2.64. The summed E-state index contributed by atoms with van der Waals surface area (Å²) in [5, 5.41) is 22.3. The monoisotopic (exact) mass is 311 g/mol. The summed E-state index contributed by atoms with van der Waals surface area (Å²) in [6.45, 7) is 0. The van der Waals surface area contributed by atoms with Crippen molar-refractivity contribution in [3.63, 3.8) is 0 Å². The van der Waals surface area contributed by atoms with E-state index in [-0.39, 0.29) is 17.0 Å². The van der Waals surface area contributed by atoms with Gasteiger partial charge in [0.05, 0.1) is 21.9 Å². The average molecular weight is 311 g/mol. The number of nitrogens with one attached hydrogen (secondary N) is 1. The summed E-state index contributed by atoms with van der Waals surface area (Å²) in [5.74, 6) is -1.54. The molecule has 0 aliphatic carbocycles. The third-order valence-electron chi connectivity index (χ3n) is 3.29. The lowest BCUT2D eigenvalue weighted by Gasteiger charge is -1.99. The number of anilines is 1. The number of nitrogens with zero attached hydrogens (tertiary/aromatic N) is 2. The molecule has 0 atom stereocenters. The van der Waals surface area contributed by atoms with Crippen molar-refractivity contribution < 1.29 is 19.6 Å². The lowest BCUT2D eigenvalue weighted by molar-refractivity contribution is -0.384. The van der Waals surface area contributed by atoms with Crippen molar-refractivity contribution in [1.82, 2.24) is 0 Å². The van der Waals surface area contributed by atoms with Crippen molar-refractivity contribution in [2.75, 3.05) is 5.32 Å². The van der Waals surface area contributed by atoms with Crippen LogP contribution in [0.3, 0.4) is 0 Å². The molecule has 114 valence electrons. The number of nitro benzene ring substituents is 1. The Morgan fingerprint density at radius 1 is 1.17 bits per heavy atom. The number of rotatable bonds is 3. The molecule has 8 heteroatoms. The van der Waals surface area contributed by atoms with E-state index in [0.717, 1.165) is 0 Å². The summed E-state index contributed by atoms with van der Waals surface area (Å²) >= 11 is 0. The number of aromatic carboxylic acids is 1. The van der Waals surface area contributed by atoms with Gasteiger partial charge in [-0.3, -0.25) is 14.9 Å². The Hall–Kier alpha value is -3.55. The fraction of sp³-hybridized carbons (Fsp3) is 0. The quantitative estimate of drug-likeness (QED) is 0.665. The number of hydrogen-bond acceptors (Lipinski definition) is 5. The Morgan fingerprint density at radius 2 is 1.87 bits per heavy atom. The number of carboxylic acids is 1. The van der Waals surface area contributed by atoms with Gasteiger partial charge in [0.15, 0.2) is 0 Å². The van der Waals surface area contributed by atoms with Crippen molar-refractivity contribution in [2.45, 2.75) is 0 Å². The molecule has 8 nitrogen and oxygen atoms in total. The molecule has 0 unspecified atom stereocenters. The van der Waals surface area contributed by atoms with Crippen LogP contribution in [0.15, 0.2) is 47.5 Å². The molecule has 1 aliphatic rings. The van der Waals surface area contributed by atoms with E-state index in [1.807, 2.05) is 0 Å². The number of fused-ring (bicyclic) bond motifs is 1. The topological polar surface area (TPSA) is 122 Å². The molecule has 0 radical (unpaired) electrons. The molecule has 2 N–H and O–H groups in total. The van der Waals surface area contributed by atoms with Gasteiger partial charge in [0.25, 0.3) is 11.6 Å². The predicted octanol–water partition coefficient (Wildman–Crippen LogP) is 2.37. The number of amides is 1. The number of carboxylic acid groups (broad SMARTS) is 1. The summed E-state index contributed by atoms with van der Waals surface area (Å²) in [4.78, 5) is 37.3. The normalized spacial score (nSPS) is 14.4. The number of carbonyl (C=O) groups is 2. The van der Waals surface area contributed by atoms with Gasteiger partial charge in [-0.25, -0.2) is 9.79 Å². The number of aliphatic imine (C=N–C) groups is 1. The number of hydrogen-bond donors (Lipinski definition) is 2. The van der Waals surface area contributed by atoms with Crippen LogP contribution in [-0.2, 0) is 4.79 Å². The summed E-state index contributed by atoms with van der Waals surface area (Å²) < 4.78 is 0.